The highest BCUT2D eigenvalue weighted by Crippen LogP contribution is 2.04. The average Bonchev–Trinajstić information content (AvgIpc) is 2.11. The van der Waals surface area contributed by atoms with Crippen molar-refractivity contribution in [1.29, 1.82) is 0 Å². The third-order valence-corrected chi connectivity index (χ3v) is 1.83. The first-order valence-corrected chi connectivity index (χ1v) is 5.31. The lowest BCUT2D eigenvalue weighted by Crippen LogP contribution is -2.20. The molecule has 0 amide bonds. The van der Waals surface area contributed by atoms with E-state index in [2.05, 4.69) is 6.92 Å². The van der Waals surface area contributed by atoms with Crippen LogP contribution in [0.1, 0.15) is 52.9 Å². The normalized spacial score (nSPS) is 10.3. The number of ether oxygens (including phenoxy) is 1. The lowest BCUT2D eigenvalue weighted by molar-refractivity contribution is -0.156. The molecule has 0 spiro atoms. The molecule has 0 rings (SSSR count). The summed E-state index contributed by atoms with van der Waals surface area (Å²) in [6.07, 6.45) is 4.17. The van der Waals surface area contributed by atoms with E-state index in [1.807, 2.05) is 0 Å². The second-order valence-electron chi connectivity index (χ2n) is 3.69. The van der Waals surface area contributed by atoms with Gasteiger partial charge in [0.1, 0.15) is 0 Å². The van der Waals surface area contributed by atoms with E-state index >= 15 is 0 Å². The summed E-state index contributed by atoms with van der Waals surface area (Å²) in [5.74, 6) is -1.08. The van der Waals surface area contributed by atoms with E-state index in [1.54, 1.807) is 13.8 Å². The molecule has 0 saturated carbocycles. The van der Waals surface area contributed by atoms with Crippen LogP contribution < -0.4 is 0 Å². The molecule has 0 aliphatic rings. The van der Waals surface area contributed by atoms with Crippen molar-refractivity contribution in [1.82, 2.24) is 0 Å². The van der Waals surface area contributed by atoms with Gasteiger partial charge in [-0.15, -0.1) is 0 Å². The highest BCUT2D eigenvalue weighted by atomic mass is 16.5. The molecular formula is C11H20O3. The smallest absolute Gasteiger partial charge is 0.374 e. The van der Waals surface area contributed by atoms with Gasteiger partial charge in [-0.05, 0) is 20.3 Å². The molecule has 0 aromatic carbocycles. The standard InChI is InChI=1S/C11H20O3/c1-4-5-6-7-8-10(12)11(13)14-9(2)3/h9H,4-8H2,1-3H3. The van der Waals surface area contributed by atoms with E-state index in [4.69, 9.17) is 4.74 Å². The lowest BCUT2D eigenvalue weighted by Gasteiger charge is -2.06. The Labute approximate surface area is 85.8 Å². The molecular weight excluding hydrogens is 180 g/mol. The van der Waals surface area contributed by atoms with Crippen LogP contribution in [0, 0.1) is 0 Å². The Morgan fingerprint density at radius 3 is 2.29 bits per heavy atom. The van der Waals surface area contributed by atoms with Crippen molar-refractivity contribution in [2.75, 3.05) is 0 Å². The number of rotatable bonds is 7. The van der Waals surface area contributed by atoms with Gasteiger partial charge in [0.15, 0.2) is 0 Å². The van der Waals surface area contributed by atoms with Crippen LogP contribution in [0.5, 0.6) is 0 Å². The summed E-state index contributed by atoms with van der Waals surface area (Å²) < 4.78 is 4.78. The van der Waals surface area contributed by atoms with Gasteiger partial charge in [0.2, 0.25) is 5.78 Å². The van der Waals surface area contributed by atoms with E-state index in [0.29, 0.717) is 6.42 Å². The molecule has 14 heavy (non-hydrogen) atoms. The van der Waals surface area contributed by atoms with Gasteiger partial charge >= 0.3 is 5.97 Å². The molecule has 0 atom stereocenters. The maximum Gasteiger partial charge on any atom is 0.374 e. The van der Waals surface area contributed by atoms with Crippen LogP contribution >= 0.6 is 0 Å². The molecule has 0 aliphatic heterocycles. The van der Waals surface area contributed by atoms with Crippen LogP contribution in [0.4, 0.5) is 0 Å². The Morgan fingerprint density at radius 1 is 1.14 bits per heavy atom. The SMILES string of the molecule is CCCCCCC(=O)C(=O)OC(C)C. The fourth-order valence-electron chi connectivity index (χ4n) is 1.09. The van der Waals surface area contributed by atoms with E-state index in [9.17, 15) is 9.59 Å². The van der Waals surface area contributed by atoms with Crippen LogP contribution in [-0.2, 0) is 14.3 Å². The monoisotopic (exact) mass is 200 g/mol. The van der Waals surface area contributed by atoms with Crippen molar-refractivity contribution in [2.24, 2.45) is 0 Å². The van der Waals surface area contributed by atoms with Gasteiger partial charge in [0, 0.05) is 6.42 Å². The zero-order valence-electron chi connectivity index (χ0n) is 9.34. The first-order valence-electron chi connectivity index (χ1n) is 5.31. The second-order valence-corrected chi connectivity index (χ2v) is 3.69. The summed E-state index contributed by atoms with van der Waals surface area (Å²) >= 11 is 0. The first kappa shape index (κ1) is 13.1. The molecule has 0 aromatic rings. The molecule has 0 unspecified atom stereocenters. The number of unbranched alkanes of at least 4 members (excludes halogenated alkanes) is 3. The Hall–Kier alpha value is -0.860. The summed E-state index contributed by atoms with van der Waals surface area (Å²) in [7, 11) is 0. The molecule has 0 aliphatic carbocycles. The minimum atomic E-state index is -0.684. The number of esters is 1. The molecule has 0 aromatic heterocycles. The molecule has 0 N–H and O–H groups in total. The minimum absolute atomic E-state index is 0.206. The van der Waals surface area contributed by atoms with Crippen molar-refractivity contribution < 1.29 is 14.3 Å². The molecule has 3 heteroatoms. The number of carbonyl (C=O) groups excluding carboxylic acids is 2. The Bertz CT molecular complexity index is 185. The van der Waals surface area contributed by atoms with Crippen LogP contribution in [0.25, 0.3) is 0 Å². The molecule has 3 nitrogen and oxygen atoms in total. The van der Waals surface area contributed by atoms with Crippen LogP contribution in [0.3, 0.4) is 0 Å². The van der Waals surface area contributed by atoms with Crippen LogP contribution in [-0.4, -0.2) is 17.9 Å². The van der Waals surface area contributed by atoms with Crippen molar-refractivity contribution in [3.05, 3.63) is 0 Å². The molecule has 0 saturated heterocycles. The molecule has 0 fully saturated rings. The first-order chi connectivity index (χ1) is 6.57. The summed E-state index contributed by atoms with van der Waals surface area (Å²) in [5.41, 5.74) is 0. The van der Waals surface area contributed by atoms with Crippen LogP contribution in [0.15, 0.2) is 0 Å². The van der Waals surface area contributed by atoms with E-state index in [0.717, 1.165) is 25.7 Å². The maximum absolute atomic E-state index is 11.2. The largest absolute Gasteiger partial charge is 0.457 e. The Balaban J connectivity index is 3.58. The van der Waals surface area contributed by atoms with Crippen molar-refractivity contribution in [3.8, 4) is 0 Å². The number of hydrogen-bond acceptors (Lipinski definition) is 3. The zero-order valence-corrected chi connectivity index (χ0v) is 9.34. The lowest BCUT2D eigenvalue weighted by atomic mass is 10.1. The fraction of sp³-hybridized carbons (Fsp3) is 0.818. The quantitative estimate of drug-likeness (QED) is 0.360. The third-order valence-electron chi connectivity index (χ3n) is 1.83. The van der Waals surface area contributed by atoms with Crippen molar-refractivity contribution in [3.63, 3.8) is 0 Å². The Kier molecular flexibility index (Phi) is 7.07. The maximum atomic E-state index is 11.2. The zero-order chi connectivity index (χ0) is 11.0. The molecule has 82 valence electrons. The van der Waals surface area contributed by atoms with Gasteiger partial charge < -0.3 is 4.74 Å². The van der Waals surface area contributed by atoms with Gasteiger partial charge in [-0.25, -0.2) is 4.79 Å². The van der Waals surface area contributed by atoms with Crippen molar-refractivity contribution in [2.45, 2.75) is 59.0 Å². The van der Waals surface area contributed by atoms with Gasteiger partial charge in [-0.3, -0.25) is 4.79 Å². The number of Topliss-reactive ketones (excluding diaryl/α,β-unsaturated/α-hetero) is 1. The summed E-state index contributed by atoms with van der Waals surface area (Å²) in [5, 5.41) is 0. The Morgan fingerprint density at radius 2 is 1.79 bits per heavy atom. The minimum Gasteiger partial charge on any atom is -0.457 e. The fourth-order valence-corrected chi connectivity index (χ4v) is 1.09. The third kappa shape index (κ3) is 6.63. The topological polar surface area (TPSA) is 43.4 Å². The summed E-state index contributed by atoms with van der Waals surface area (Å²) in [6.45, 7) is 5.58. The summed E-state index contributed by atoms with van der Waals surface area (Å²) in [6, 6.07) is 0. The number of hydrogen-bond donors (Lipinski definition) is 0. The van der Waals surface area contributed by atoms with Crippen LogP contribution in [0.2, 0.25) is 0 Å². The molecule has 0 radical (unpaired) electrons. The number of ketones is 1. The highest BCUT2D eigenvalue weighted by molar-refractivity contribution is 6.33. The molecule has 0 heterocycles. The summed E-state index contributed by atoms with van der Waals surface area (Å²) in [4.78, 5) is 22.2. The molecule has 0 bridgehead atoms. The van der Waals surface area contributed by atoms with Gasteiger partial charge in [0.05, 0.1) is 6.10 Å². The van der Waals surface area contributed by atoms with Gasteiger partial charge in [-0.2, -0.15) is 0 Å². The average molecular weight is 200 g/mol. The second kappa shape index (κ2) is 7.54. The van der Waals surface area contributed by atoms with Gasteiger partial charge in [-0.1, -0.05) is 26.2 Å². The predicted octanol–water partition coefficient (Wildman–Crippen LogP) is 2.48. The highest BCUT2D eigenvalue weighted by Gasteiger charge is 2.15. The predicted molar refractivity (Wildman–Crippen MR) is 55.0 cm³/mol. The van der Waals surface area contributed by atoms with E-state index in [-0.39, 0.29) is 6.10 Å². The van der Waals surface area contributed by atoms with Gasteiger partial charge in [0.25, 0.3) is 0 Å². The van der Waals surface area contributed by atoms with E-state index < -0.39 is 11.8 Å². The number of carbonyl (C=O) groups is 2. The van der Waals surface area contributed by atoms with Crippen molar-refractivity contribution >= 4 is 11.8 Å². The van der Waals surface area contributed by atoms with E-state index in [1.165, 1.54) is 0 Å².